The van der Waals surface area contributed by atoms with Crippen LogP contribution in [0.2, 0.25) is 0 Å². The molecule has 0 unspecified atom stereocenters. The molecule has 152 valence electrons. The molecule has 0 radical (unpaired) electrons. The van der Waals surface area contributed by atoms with E-state index in [1.807, 2.05) is 0 Å². The Morgan fingerprint density at radius 2 is 1.18 bits per heavy atom. The van der Waals surface area contributed by atoms with Gasteiger partial charge in [-0.3, -0.25) is 20.6 Å². The van der Waals surface area contributed by atoms with E-state index in [2.05, 4.69) is 102 Å². The summed E-state index contributed by atoms with van der Waals surface area (Å²) in [6.07, 6.45) is 1.22. The molecule has 3 aromatic heterocycles. The summed E-state index contributed by atoms with van der Waals surface area (Å²) >= 11 is 0. The zero-order chi connectivity index (χ0) is 22.2. The maximum Gasteiger partial charge on any atom is 1.00 e. The summed E-state index contributed by atoms with van der Waals surface area (Å²) in [6.45, 7) is 13.0. The first kappa shape index (κ1) is 33.4. The zero-order valence-corrected chi connectivity index (χ0v) is 23.8. The van der Waals surface area contributed by atoms with E-state index in [9.17, 15) is 0 Å². The Bertz CT molecular complexity index is 1080. The number of hydrogen-bond acceptors (Lipinski definition) is 16. The van der Waals surface area contributed by atoms with Crippen molar-refractivity contribution in [2.75, 3.05) is 13.1 Å². The van der Waals surface area contributed by atoms with Gasteiger partial charge in [-0.1, -0.05) is 6.57 Å². The molecule has 34 heavy (non-hydrogen) atoms. The van der Waals surface area contributed by atoms with Gasteiger partial charge >= 0.3 is 94.9 Å². The minimum atomic E-state index is 0. The Balaban J connectivity index is 0. The van der Waals surface area contributed by atoms with Gasteiger partial charge in [-0.05, 0) is 20.9 Å². The fourth-order valence-electron chi connectivity index (χ4n) is 1.38. The first-order chi connectivity index (χ1) is 15.3. The molecule has 0 N–H and O–H groups in total. The predicted molar refractivity (Wildman–Crippen MR) is 91.2 cm³/mol. The number of nitrogens with zero attached hydrogens (tertiary/aromatic N) is 21. The summed E-state index contributed by atoms with van der Waals surface area (Å²) in [4.78, 5) is 5.12. The molecule has 2 aliphatic rings. The van der Waals surface area contributed by atoms with Gasteiger partial charge in [-0.25, -0.2) is 6.57 Å². The molecule has 0 saturated heterocycles. The van der Waals surface area contributed by atoms with Crippen molar-refractivity contribution in [1.82, 2.24) is 61.9 Å². The number of hydrogen-bond donors (Lipinski definition) is 0. The van der Waals surface area contributed by atoms with Crippen molar-refractivity contribution < 1.29 is 88.7 Å². The topological polar surface area (TPSA) is 265 Å². The molecule has 0 spiro atoms. The molecule has 0 saturated carbocycles. The summed E-state index contributed by atoms with van der Waals surface area (Å²) in [7, 11) is 0. The smallest absolute Gasteiger partial charge is 0.533 e. The van der Waals surface area contributed by atoms with E-state index in [-0.39, 0.29) is 106 Å². The van der Waals surface area contributed by atoms with Crippen molar-refractivity contribution in [2.24, 2.45) is 30.9 Å². The number of nitriles is 1. The van der Waals surface area contributed by atoms with Crippen LogP contribution in [-0.4, -0.2) is 71.1 Å². The molecule has 0 fully saturated rings. The Morgan fingerprint density at radius 1 is 0.735 bits per heavy atom. The molecular weight excluding hydrogens is 483 g/mol. The summed E-state index contributed by atoms with van der Waals surface area (Å²) in [5.74, 6) is 0.481. The first-order valence-corrected chi connectivity index (χ1v) is 7.35. The second-order valence-electron chi connectivity index (χ2n) is 4.28. The van der Waals surface area contributed by atoms with Crippen LogP contribution in [0.3, 0.4) is 0 Å². The number of aromatic nitrogens is 12. The Kier molecular flexibility index (Phi) is 20.4. The van der Waals surface area contributed by atoms with E-state index in [4.69, 9.17) is 18.4 Å². The van der Waals surface area contributed by atoms with Gasteiger partial charge in [0.25, 0.3) is 0 Å². The summed E-state index contributed by atoms with van der Waals surface area (Å²) in [5.41, 5.74) is 1.56. The predicted octanol–water partition coefficient (Wildman–Crippen LogP) is -11.0. The number of rotatable bonds is 2. The Morgan fingerprint density at radius 3 is 1.41 bits per heavy atom. The van der Waals surface area contributed by atoms with Crippen LogP contribution in [0.1, 0.15) is 0 Å². The molecule has 0 amide bonds. The Hall–Kier alpha value is -2.78. The van der Waals surface area contributed by atoms with Crippen LogP contribution in [-0.2, 0) is 0 Å². The SMILES string of the molecule is C1N=NN=C1C1=NN=NC1.[C-]#[N+]C#N.[C-]#[N+]c1nnn[n-]1.[Na+].[Na+].[Na+].n1n[n-]c(-c2nnn[n-]2)n1. The van der Waals surface area contributed by atoms with Crippen LogP contribution < -0.4 is 104 Å². The minimum absolute atomic E-state index is 0. The van der Waals surface area contributed by atoms with Crippen LogP contribution in [0.5, 0.6) is 0 Å². The quantitative estimate of drug-likeness (QED) is 0.185. The van der Waals surface area contributed by atoms with E-state index in [0.717, 1.165) is 11.4 Å². The van der Waals surface area contributed by atoms with E-state index >= 15 is 0 Å². The maximum atomic E-state index is 7.27. The average Bonchev–Trinajstić information content (AvgIpc) is 3.64. The molecule has 0 atom stereocenters. The number of tetrazole rings is 3. The molecule has 3 aromatic rings. The third-order valence-electron chi connectivity index (χ3n) is 2.53. The fourth-order valence-corrected chi connectivity index (χ4v) is 1.38. The minimum Gasteiger partial charge on any atom is -0.533 e. The standard InChI is InChI=1S/C4H4N6.C2N8.C2N5.C2N2.3Na/c1-3(7-9-5-1)4-2-6-10-8-4;3-1(4-8-7-3)2-5-9-10-6-2;1-3-2-4-6-7-5-2;1-4-2-3;;;/h1-2H2;;;;;;/q;-2;-1;;3*+1. The summed E-state index contributed by atoms with van der Waals surface area (Å²) < 4.78 is 0. The molecule has 2 aliphatic heterocycles. The van der Waals surface area contributed by atoms with Crippen molar-refractivity contribution in [3.8, 4) is 17.8 Å². The third kappa shape index (κ3) is 12.5. The van der Waals surface area contributed by atoms with Crippen LogP contribution in [0.4, 0.5) is 5.95 Å². The van der Waals surface area contributed by atoms with E-state index in [1.54, 1.807) is 0 Å². The van der Waals surface area contributed by atoms with Crippen molar-refractivity contribution in [1.29, 1.82) is 5.26 Å². The van der Waals surface area contributed by atoms with Crippen LogP contribution in [0.15, 0.2) is 30.9 Å². The largest absolute Gasteiger partial charge is 1.00 e. The van der Waals surface area contributed by atoms with Crippen molar-refractivity contribution in [3.05, 3.63) is 22.8 Å². The van der Waals surface area contributed by atoms with Gasteiger partial charge in [0.2, 0.25) is 0 Å². The van der Waals surface area contributed by atoms with Gasteiger partial charge in [-0.15, -0.1) is 10.2 Å². The molecule has 0 aromatic carbocycles. The van der Waals surface area contributed by atoms with Crippen LogP contribution >= 0.6 is 0 Å². The summed E-state index contributed by atoms with van der Waals surface area (Å²) in [5, 5.41) is 68.4. The monoisotopic (exact) mass is 487 g/mol. The van der Waals surface area contributed by atoms with Crippen LogP contribution in [0, 0.1) is 24.6 Å². The van der Waals surface area contributed by atoms with E-state index in [1.165, 1.54) is 6.19 Å². The molecular formula is C10H4N21Na3. The molecule has 0 aliphatic carbocycles. The zero-order valence-electron chi connectivity index (χ0n) is 17.8. The Labute approximate surface area is 255 Å². The van der Waals surface area contributed by atoms with E-state index < -0.39 is 0 Å². The van der Waals surface area contributed by atoms with Crippen molar-refractivity contribution >= 4 is 17.4 Å². The van der Waals surface area contributed by atoms with Gasteiger partial charge in [0.05, 0.1) is 0 Å². The van der Waals surface area contributed by atoms with Crippen molar-refractivity contribution in [3.63, 3.8) is 0 Å². The molecule has 5 rings (SSSR count). The normalized spacial score (nSPS) is 11.2. The maximum absolute atomic E-state index is 7.27. The van der Waals surface area contributed by atoms with Gasteiger partial charge in [0, 0.05) is 16.9 Å². The van der Waals surface area contributed by atoms with E-state index in [0.29, 0.717) is 13.1 Å². The van der Waals surface area contributed by atoms with Crippen LogP contribution in [0.25, 0.3) is 21.3 Å². The third-order valence-corrected chi connectivity index (χ3v) is 2.53. The van der Waals surface area contributed by atoms with Gasteiger partial charge in [0.1, 0.15) is 24.5 Å². The molecule has 24 heteroatoms. The summed E-state index contributed by atoms with van der Waals surface area (Å²) in [6, 6.07) is 0. The first-order valence-electron chi connectivity index (χ1n) is 7.35. The second-order valence-corrected chi connectivity index (χ2v) is 4.28. The molecule has 5 heterocycles. The van der Waals surface area contributed by atoms with Gasteiger partial charge in [-0.2, -0.15) is 30.9 Å². The second kappa shape index (κ2) is 20.8. The molecule has 21 nitrogen and oxygen atoms in total. The van der Waals surface area contributed by atoms with Crippen molar-refractivity contribution in [2.45, 2.75) is 0 Å². The molecule has 0 bridgehead atoms. The van der Waals surface area contributed by atoms with Gasteiger partial charge < -0.3 is 19.9 Å². The fraction of sp³-hybridized carbons (Fsp3) is 0.200. The van der Waals surface area contributed by atoms with Gasteiger partial charge in [0.15, 0.2) is 5.95 Å². The average molecular weight is 487 g/mol.